The van der Waals surface area contributed by atoms with E-state index >= 15 is 0 Å². The highest BCUT2D eigenvalue weighted by molar-refractivity contribution is 8.93. The van der Waals surface area contributed by atoms with E-state index in [9.17, 15) is 0 Å². The topological polar surface area (TPSA) is 38.0 Å². The van der Waals surface area contributed by atoms with Gasteiger partial charge in [0.25, 0.3) is 0 Å². The molecular weight excluding hydrogens is 516 g/mol. The van der Waals surface area contributed by atoms with Crippen molar-refractivity contribution in [1.82, 2.24) is 9.80 Å². The average Bonchev–Trinajstić information content (AvgIpc) is 3.09. The fraction of sp³-hybridized carbons (Fsp3) is 0.385. The van der Waals surface area contributed by atoms with E-state index in [1.165, 1.54) is 72.2 Å². The predicted molar refractivity (Wildman–Crippen MR) is 142 cm³/mol. The number of nitrogens with zero attached hydrogens (tertiary/aromatic N) is 2. The lowest BCUT2D eigenvalue weighted by molar-refractivity contribution is 0.0386. The van der Waals surface area contributed by atoms with E-state index in [1.807, 2.05) is 0 Å². The van der Waals surface area contributed by atoms with Crippen LogP contribution in [0.25, 0.3) is 11.1 Å². The Morgan fingerprint density at radius 3 is 2.13 bits per heavy atom. The Morgan fingerprint density at radius 1 is 0.806 bits per heavy atom. The summed E-state index contributed by atoms with van der Waals surface area (Å²) in [7, 11) is 0. The summed E-state index contributed by atoms with van der Waals surface area (Å²) in [5.74, 6) is 0. The van der Waals surface area contributed by atoms with Gasteiger partial charge in [-0.1, -0.05) is 74.0 Å². The Morgan fingerprint density at radius 2 is 1.45 bits per heavy atom. The molecule has 0 radical (unpaired) electrons. The molecule has 3 aliphatic rings. The van der Waals surface area contributed by atoms with Crippen molar-refractivity contribution in [1.29, 1.82) is 0 Å². The highest BCUT2D eigenvalue weighted by Crippen LogP contribution is 2.46. The molecule has 2 N–H and O–H groups in total. The normalized spacial score (nSPS) is 19.2. The summed E-state index contributed by atoms with van der Waals surface area (Å²) in [6.45, 7) is 6.99. The summed E-state index contributed by atoms with van der Waals surface area (Å²) in [5, 5.41) is 0. The fourth-order valence-electron chi connectivity index (χ4n) is 5.39. The highest BCUT2D eigenvalue weighted by Gasteiger charge is 2.33. The Bertz CT molecular complexity index is 920. The minimum Gasteiger partial charge on any atom is -0.412 e. The van der Waals surface area contributed by atoms with Gasteiger partial charge in [0.05, 0.1) is 6.17 Å². The molecule has 1 fully saturated rings. The van der Waals surface area contributed by atoms with E-state index in [0.717, 1.165) is 13.1 Å². The number of benzene rings is 2. The van der Waals surface area contributed by atoms with Crippen LogP contribution in [0.15, 0.2) is 66.2 Å². The first kappa shape index (κ1) is 26.0. The molecule has 168 valence electrons. The lowest BCUT2D eigenvalue weighted by Gasteiger charge is -2.42. The Kier molecular flexibility index (Phi) is 9.71. The Labute approximate surface area is 207 Å². The van der Waals surface area contributed by atoms with Gasteiger partial charge in [0.2, 0.25) is 0 Å². The molecule has 1 unspecified atom stereocenters. The summed E-state index contributed by atoms with van der Waals surface area (Å²) in [5.41, 5.74) is 8.61. The molecule has 0 amide bonds. The average molecular weight is 550 g/mol. The van der Waals surface area contributed by atoms with E-state index in [0.29, 0.717) is 6.17 Å². The lowest BCUT2D eigenvalue weighted by Crippen LogP contribution is -2.51. The largest absolute Gasteiger partial charge is 0.412 e. The van der Waals surface area contributed by atoms with E-state index in [4.69, 9.17) is 0 Å². The van der Waals surface area contributed by atoms with Gasteiger partial charge in [-0.3, -0.25) is 9.80 Å². The predicted octanol–water partition coefficient (Wildman–Crippen LogP) is 5.75. The molecule has 1 aliphatic carbocycles. The van der Waals surface area contributed by atoms with Crippen molar-refractivity contribution in [3.8, 4) is 0 Å². The number of rotatable bonds is 4. The zero-order chi connectivity index (χ0) is 18.9. The Balaban J connectivity index is 0.00000114. The van der Waals surface area contributed by atoms with Crippen LogP contribution in [0.4, 0.5) is 0 Å². The molecule has 2 aromatic rings. The summed E-state index contributed by atoms with van der Waals surface area (Å²) < 4.78 is 0. The number of halogens is 2. The van der Waals surface area contributed by atoms with Crippen LogP contribution >= 0.6 is 34.0 Å². The summed E-state index contributed by atoms with van der Waals surface area (Å²) >= 11 is 0. The quantitative estimate of drug-likeness (QED) is 0.486. The van der Waals surface area contributed by atoms with Gasteiger partial charge in [0.15, 0.2) is 0 Å². The van der Waals surface area contributed by atoms with Crippen LogP contribution in [0, 0.1) is 0 Å². The maximum Gasteiger partial charge on any atom is 0.0625 e. The van der Waals surface area contributed by atoms with E-state index in [2.05, 4.69) is 77.4 Å². The summed E-state index contributed by atoms with van der Waals surface area (Å²) in [6.07, 6.45) is 8.36. The summed E-state index contributed by atoms with van der Waals surface area (Å²) in [4.78, 5) is 5.44. The lowest BCUT2D eigenvalue weighted by atomic mass is 9.95. The molecule has 5 rings (SSSR count). The van der Waals surface area contributed by atoms with Gasteiger partial charge in [0, 0.05) is 13.1 Å². The molecule has 0 aromatic heterocycles. The molecule has 2 aromatic carbocycles. The number of hydrogen-bond acceptors (Lipinski definition) is 2. The number of likely N-dealkylation sites (tertiary alicyclic amines) is 1. The van der Waals surface area contributed by atoms with Crippen LogP contribution in [-0.4, -0.2) is 47.6 Å². The van der Waals surface area contributed by atoms with Crippen molar-refractivity contribution < 1.29 is 5.48 Å². The zero-order valence-electron chi connectivity index (χ0n) is 18.2. The minimum absolute atomic E-state index is 0. The first-order valence-electron chi connectivity index (χ1n) is 10.9. The first-order valence-corrected chi connectivity index (χ1v) is 10.9. The third kappa shape index (κ3) is 4.91. The second kappa shape index (κ2) is 11.6. The maximum absolute atomic E-state index is 2.73. The van der Waals surface area contributed by atoms with Gasteiger partial charge >= 0.3 is 0 Å². The first-order chi connectivity index (χ1) is 13.9. The van der Waals surface area contributed by atoms with Gasteiger partial charge in [-0.05, 0) is 65.8 Å². The van der Waals surface area contributed by atoms with E-state index in [1.54, 1.807) is 0 Å². The van der Waals surface area contributed by atoms with Crippen LogP contribution < -0.4 is 0 Å². The monoisotopic (exact) mass is 548 g/mol. The molecule has 1 saturated heterocycles. The van der Waals surface area contributed by atoms with Crippen molar-refractivity contribution in [2.45, 2.75) is 38.8 Å². The maximum atomic E-state index is 2.73. The smallest absolute Gasteiger partial charge is 0.0625 e. The second-order valence-corrected chi connectivity index (χ2v) is 8.30. The van der Waals surface area contributed by atoms with Crippen LogP contribution in [0.2, 0.25) is 0 Å². The molecule has 2 aliphatic heterocycles. The third-order valence-electron chi connectivity index (χ3n) is 6.67. The van der Waals surface area contributed by atoms with Crippen molar-refractivity contribution in [2.24, 2.45) is 0 Å². The van der Waals surface area contributed by atoms with E-state index in [-0.39, 0.29) is 39.4 Å². The van der Waals surface area contributed by atoms with Gasteiger partial charge in [-0.15, -0.1) is 34.0 Å². The van der Waals surface area contributed by atoms with Crippen molar-refractivity contribution in [3.05, 3.63) is 82.9 Å². The van der Waals surface area contributed by atoms with Gasteiger partial charge in [-0.2, -0.15) is 0 Å². The zero-order valence-corrected chi connectivity index (χ0v) is 21.6. The van der Waals surface area contributed by atoms with Crippen LogP contribution in [0.5, 0.6) is 0 Å². The van der Waals surface area contributed by atoms with Crippen molar-refractivity contribution >= 4 is 45.1 Å². The molecule has 0 spiro atoms. The van der Waals surface area contributed by atoms with Crippen molar-refractivity contribution in [2.75, 3.05) is 26.2 Å². The Hall–Kier alpha value is -1.24. The third-order valence-corrected chi connectivity index (χ3v) is 6.67. The van der Waals surface area contributed by atoms with Gasteiger partial charge in [0.1, 0.15) is 0 Å². The molecule has 31 heavy (non-hydrogen) atoms. The molecule has 0 bridgehead atoms. The standard InChI is InChI=1S/C26H30N2.2BrH.H2O/c1-2-25(27-16-9-4-10-17-27)28-18-15-22-21-13-7-8-14-23(21)26(24(22)19-28)20-11-5-3-6-12-20;;;/h3,5-8,11-15,25H,2,4,9-10,16-19H2,1H3;2*1H;1H2. The van der Waals surface area contributed by atoms with Crippen molar-refractivity contribution in [3.63, 3.8) is 0 Å². The highest BCUT2D eigenvalue weighted by atomic mass is 79.9. The molecule has 3 nitrogen and oxygen atoms in total. The van der Waals surface area contributed by atoms with Crippen LogP contribution in [0.3, 0.4) is 0 Å². The number of hydrogen-bond donors (Lipinski definition) is 0. The number of fused-ring (bicyclic) bond motifs is 3. The number of piperidine rings is 1. The van der Waals surface area contributed by atoms with Gasteiger partial charge < -0.3 is 5.48 Å². The molecule has 5 heteroatoms. The SMILES string of the molecule is Br.Br.CCC(N1CCCCC1)N1CC=C2C(=C(c3ccccc3)c3ccccc32)C1.O. The van der Waals surface area contributed by atoms with E-state index < -0.39 is 0 Å². The van der Waals surface area contributed by atoms with Gasteiger partial charge in [-0.25, -0.2) is 0 Å². The summed E-state index contributed by atoms with van der Waals surface area (Å²) in [6, 6.07) is 19.9. The van der Waals surface area contributed by atoms with Crippen LogP contribution in [-0.2, 0) is 0 Å². The second-order valence-electron chi connectivity index (χ2n) is 8.30. The van der Waals surface area contributed by atoms with Crippen LogP contribution in [0.1, 0.15) is 49.3 Å². The molecular formula is C26H34Br2N2O. The molecule has 2 heterocycles. The molecule has 0 saturated carbocycles. The molecule has 1 atom stereocenters. The minimum atomic E-state index is 0. The fourth-order valence-corrected chi connectivity index (χ4v) is 5.39.